The lowest BCUT2D eigenvalue weighted by Crippen LogP contribution is -2.27. The molecule has 0 unspecified atom stereocenters. The summed E-state index contributed by atoms with van der Waals surface area (Å²) in [6.07, 6.45) is -2.28. The van der Waals surface area contributed by atoms with Crippen LogP contribution in [0.25, 0.3) is 11.5 Å². The van der Waals surface area contributed by atoms with Crippen molar-refractivity contribution in [2.45, 2.75) is 46.8 Å². The van der Waals surface area contributed by atoms with Crippen LogP contribution in [0.4, 0.5) is 13.2 Å². The molecule has 0 spiro atoms. The maximum Gasteiger partial charge on any atom is 0.435 e. The number of halogens is 4. The minimum Gasteiger partial charge on any atom is -0.297 e. The van der Waals surface area contributed by atoms with Crippen LogP contribution in [0.15, 0.2) is 48.7 Å². The first-order chi connectivity index (χ1) is 16.1. The van der Waals surface area contributed by atoms with E-state index >= 15 is 0 Å². The molecule has 0 N–H and O–H groups in total. The molecule has 2 heterocycles. The molecule has 0 aliphatic heterocycles. The molecule has 0 radical (unpaired) electrons. The summed E-state index contributed by atoms with van der Waals surface area (Å²) in [5.74, 6) is 0.168. The Morgan fingerprint density at radius 2 is 1.68 bits per heavy atom. The zero-order valence-electron chi connectivity index (χ0n) is 19.7. The zero-order chi connectivity index (χ0) is 24.6. The Balaban J connectivity index is 1.78. The van der Waals surface area contributed by atoms with Crippen LogP contribution in [-0.4, -0.2) is 31.9 Å². The molecule has 34 heavy (non-hydrogen) atoms. The Bertz CT molecular complexity index is 1280. The number of benzene rings is 2. The summed E-state index contributed by atoms with van der Waals surface area (Å²) in [7, 11) is 0. The number of likely N-dealkylation sites (N-methyl/N-ethyl adjacent to an activating group) is 1. The van der Waals surface area contributed by atoms with E-state index in [0.29, 0.717) is 18.2 Å². The van der Waals surface area contributed by atoms with Gasteiger partial charge in [0.2, 0.25) is 5.78 Å². The van der Waals surface area contributed by atoms with E-state index < -0.39 is 11.9 Å². The Kier molecular flexibility index (Phi) is 6.78. The average molecular weight is 489 g/mol. The smallest absolute Gasteiger partial charge is 0.297 e. The van der Waals surface area contributed by atoms with Gasteiger partial charge in [-0.15, -0.1) is 0 Å². The van der Waals surface area contributed by atoms with Gasteiger partial charge < -0.3 is 0 Å². The Morgan fingerprint density at radius 3 is 2.26 bits per heavy atom. The minimum absolute atomic E-state index is 0.0977. The molecule has 0 saturated heterocycles. The average Bonchev–Trinajstić information content (AvgIpc) is 3.27. The highest BCUT2D eigenvalue weighted by atomic mass is 35.5. The van der Waals surface area contributed by atoms with Crippen LogP contribution in [0, 0.1) is 20.8 Å². The van der Waals surface area contributed by atoms with E-state index in [-0.39, 0.29) is 18.0 Å². The fraction of sp³-hybridized carbons (Fsp3) is 0.346. The Hall–Kier alpha value is -2.77. The summed E-state index contributed by atoms with van der Waals surface area (Å²) in [6.45, 7) is 9.16. The predicted octanol–water partition coefficient (Wildman–Crippen LogP) is 6.79. The molecule has 2 aromatic heterocycles. The molecule has 4 rings (SSSR count). The highest BCUT2D eigenvalue weighted by Gasteiger charge is 2.39. The van der Waals surface area contributed by atoms with Crippen molar-refractivity contribution in [2.24, 2.45) is 0 Å². The molecule has 0 fully saturated rings. The predicted molar refractivity (Wildman–Crippen MR) is 130 cm³/mol. The fourth-order valence-electron chi connectivity index (χ4n) is 4.61. The van der Waals surface area contributed by atoms with Gasteiger partial charge in [-0.1, -0.05) is 66.6 Å². The number of hydrogen-bond acceptors (Lipinski definition) is 2. The van der Waals surface area contributed by atoms with Crippen molar-refractivity contribution in [3.63, 3.8) is 0 Å². The van der Waals surface area contributed by atoms with E-state index in [9.17, 15) is 13.2 Å². The third-order valence-corrected chi connectivity index (χ3v) is 6.41. The molecule has 8 heteroatoms. The molecule has 0 bridgehead atoms. The summed E-state index contributed by atoms with van der Waals surface area (Å²) in [6, 6.07) is 13.9. The van der Waals surface area contributed by atoms with Gasteiger partial charge in [0.05, 0.1) is 11.4 Å². The molecule has 180 valence electrons. The molecule has 0 aliphatic carbocycles. The topological polar surface area (TPSA) is 25.5 Å². The van der Waals surface area contributed by atoms with Crippen LogP contribution in [0.2, 0.25) is 5.15 Å². The third-order valence-electron chi connectivity index (χ3n) is 6.15. The molecular weight excluding hydrogens is 461 g/mol. The fourth-order valence-corrected chi connectivity index (χ4v) is 4.87. The minimum atomic E-state index is -4.57. The quantitative estimate of drug-likeness (QED) is 0.286. The summed E-state index contributed by atoms with van der Waals surface area (Å²) in [5.41, 5.74) is 4.06. The molecule has 0 amide bonds. The summed E-state index contributed by atoms with van der Waals surface area (Å²) < 4.78 is 45.3. The van der Waals surface area contributed by atoms with Gasteiger partial charge in [0.15, 0.2) is 5.69 Å². The van der Waals surface area contributed by atoms with Crippen LogP contribution < -0.4 is 0 Å². The number of imidazole rings is 2. The molecule has 0 atom stereocenters. The van der Waals surface area contributed by atoms with Gasteiger partial charge in [-0.05, 0) is 50.4 Å². The number of rotatable bonds is 7. The largest absolute Gasteiger partial charge is 0.435 e. The molecule has 0 aliphatic rings. The lowest BCUT2D eigenvalue weighted by molar-refractivity contribution is -0.141. The molecular formula is C26H28ClF3N4. The van der Waals surface area contributed by atoms with Crippen LogP contribution in [-0.2, 0) is 19.1 Å². The van der Waals surface area contributed by atoms with Crippen molar-refractivity contribution >= 4 is 17.4 Å². The third kappa shape index (κ3) is 4.72. The number of fused-ring (bicyclic) bond motifs is 1. The van der Waals surface area contributed by atoms with Crippen molar-refractivity contribution in [1.29, 1.82) is 0 Å². The van der Waals surface area contributed by atoms with Crippen molar-refractivity contribution < 1.29 is 13.2 Å². The van der Waals surface area contributed by atoms with Gasteiger partial charge in [0, 0.05) is 19.3 Å². The van der Waals surface area contributed by atoms with Crippen molar-refractivity contribution in [1.82, 2.24) is 18.9 Å². The Labute approximate surface area is 202 Å². The second kappa shape index (κ2) is 9.47. The van der Waals surface area contributed by atoms with E-state index in [0.717, 1.165) is 34.4 Å². The van der Waals surface area contributed by atoms with Gasteiger partial charge in [0.1, 0.15) is 5.15 Å². The first kappa shape index (κ1) is 24.4. The van der Waals surface area contributed by atoms with E-state index in [4.69, 9.17) is 11.6 Å². The zero-order valence-corrected chi connectivity index (χ0v) is 20.5. The lowest BCUT2D eigenvalue weighted by Gasteiger charge is -2.21. The lowest BCUT2D eigenvalue weighted by atomic mass is 10.1. The highest BCUT2D eigenvalue weighted by molar-refractivity contribution is 6.30. The van der Waals surface area contributed by atoms with E-state index in [1.807, 2.05) is 75.1 Å². The van der Waals surface area contributed by atoms with Crippen LogP contribution >= 0.6 is 11.6 Å². The molecule has 4 nitrogen and oxygen atoms in total. The van der Waals surface area contributed by atoms with Crippen LogP contribution in [0.5, 0.6) is 0 Å². The van der Waals surface area contributed by atoms with E-state index in [2.05, 4.69) is 4.98 Å². The van der Waals surface area contributed by atoms with Crippen LogP contribution in [0.3, 0.4) is 0 Å². The number of hydrogen-bond donors (Lipinski definition) is 0. The molecule has 2 aromatic carbocycles. The van der Waals surface area contributed by atoms with Crippen molar-refractivity contribution in [3.05, 3.63) is 87.5 Å². The van der Waals surface area contributed by atoms with E-state index in [1.54, 1.807) is 4.57 Å². The summed E-state index contributed by atoms with van der Waals surface area (Å²) >= 11 is 6.58. The van der Waals surface area contributed by atoms with Crippen molar-refractivity contribution in [2.75, 3.05) is 13.1 Å². The number of aryl methyl sites for hydroxylation is 3. The van der Waals surface area contributed by atoms with Gasteiger partial charge >= 0.3 is 6.18 Å². The summed E-state index contributed by atoms with van der Waals surface area (Å²) in [4.78, 5) is 6.08. The van der Waals surface area contributed by atoms with Crippen molar-refractivity contribution in [3.8, 4) is 5.69 Å². The number of nitrogens with zero attached hydrogens (tertiary/aromatic N) is 4. The highest BCUT2D eigenvalue weighted by Crippen LogP contribution is 2.36. The SMILES string of the molecule is CCN(CCc1ccccc1)Cc1c(C(F)(F)F)nc2n(-c3c(C)cc(C)cc3C)c(Cl)cn12. The second-order valence-corrected chi connectivity index (χ2v) is 9.10. The van der Waals surface area contributed by atoms with Gasteiger partial charge in [-0.3, -0.25) is 13.9 Å². The first-order valence-electron chi connectivity index (χ1n) is 11.3. The normalized spacial score (nSPS) is 12.3. The van der Waals surface area contributed by atoms with E-state index in [1.165, 1.54) is 10.6 Å². The van der Waals surface area contributed by atoms with Gasteiger partial charge in [0.25, 0.3) is 0 Å². The number of alkyl halides is 3. The van der Waals surface area contributed by atoms with Gasteiger partial charge in [-0.25, -0.2) is 4.98 Å². The summed E-state index contributed by atoms with van der Waals surface area (Å²) in [5, 5.41) is 0.319. The molecule has 0 saturated carbocycles. The standard InChI is InChI=1S/C26H28ClF3N4/c1-5-32(12-11-20-9-7-6-8-10-20)15-21-24(26(28,29)30)31-25-33(21)16-22(27)34(25)23-18(3)13-17(2)14-19(23)4/h6-10,13-14,16H,5,11-12,15H2,1-4H3. The second-order valence-electron chi connectivity index (χ2n) is 8.71. The monoisotopic (exact) mass is 488 g/mol. The van der Waals surface area contributed by atoms with Crippen LogP contribution in [0.1, 0.15) is 40.6 Å². The maximum absolute atomic E-state index is 14.1. The van der Waals surface area contributed by atoms with Gasteiger partial charge in [-0.2, -0.15) is 13.2 Å². The Morgan fingerprint density at radius 1 is 1.03 bits per heavy atom. The molecule has 4 aromatic rings. The number of aromatic nitrogens is 3. The first-order valence-corrected chi connectivity index (χ1v) is 11.7. The maximum atomic E-state index is 14.1.